The van der Waals surface area contributed by atoms with E-state index in [4.69, 9.17) is 4.42 Å². The van der Waals surface area contributed by atoms with Crippen LogP contribution in [0.5, 0.6) is 5.75 Å². The van der Waals surface area contributed by atoms with E-state index in [0.717, 1.165) is 13.1 Å². The Bertz CT molecular complexity index is 707. The van der Waals surface area contributed by atoms with E-state index in [1.54, 1.807) is 6.07 Å². The normalized spacial score (nSPS) is 10.7. The number of phenolic OH excluding ortho intramolecular Hbond substituents is 1. The first kappa shape index (κ1) is 18.2. The van der Waals surface area contributed by atoms with Gasteiger partial charge in [-0.05, 0) is 31.3 Å². The Hall–Kier alpha value is -1.85. The van der Waals surface area contributed by atoms with Crippen LogP contribution in [0.25, 0.3) is 11.0 Å². The van der Waals surface area contributed by atoms with Gasteiger partial charge >= 0.3 is 5.63 Å². The molecule has 0 radical (unpaired) electrons. The van der Waals surface area contributed by atoms with Crippen molar-refractivity contribution in [2.75, 3.05) is 19.6 Å². The maximum Gasteiger partial charge on any atom is 0.347 e. The smallest absolute Gasteiger partial charge is 0.347 e. The van der Waals surface area contributed by atoms with Gasteiger partial charge in [0, 0.05) is 24.4 Å². The van der Waals surface area contributed by atoms with Gasteiger partial charge in [-0.15, -0.1) is 12.4 Å². The van der Waals surface area contributed by atoms with E-state index in [1.165, 1.54) is 18.2 Å². The molecule has 1 aromatic carbocycles. The summed E-state index contributed by atoms with van der Waals surface area (Å²) in [5.41, 5.74) is -0.307. The second kappa shape index (κ2) is 7.96. The molecule has 0 amide bonds. The minimum Gasteiger partial charge on any atom is -0.508 e. The third kappa shape index (κ3) is 4.08. The van der Waals surface area contributed by atoms with Gasteiger partial charge in [-0.3, -0.25) is 4.79 Å². The topological polar surface area (TPSA) is 70.8 Å². The highest BCUT2D eigenvalue weighted by Gasteiger charge is 2.14. The lowest BCUT2D eigenvalue weighted by molar-refractivity contribution is 0.0963. The van der Waals surface area contributed by atoms with Crippen LogP contribution in [0.2, 0.25) is 0 Å². The first-order chi connectivity index (χ1) is 10.0. The summed E-state index contributed by atoms with van der Waals surface area (Å²) in [6.45, 7) is 6.43. The third-order valence-electron chi connectivity index (χ3n) is 3.57. The van der Waals surface area contributed by atoms with Crippen molar-refractivity contribution in [3.63, 3.8) is 0 Å². The van der Waals surface area contributed by atoms with Crippen molar-refractivity contribution in [2.24, 2.45) is 0 Å². The fourth-order valence-corrected chi connectivity index (χ4v) is 2.23. The Morgan fingerprint density at radius 1 is 1.23 bits per heavy atom. The van der Waals surface area contributed by atoms with Crippen LogP contribution in [0.1, 0.15) is 30.6 Å². The van der Waals surface area contributed by atoms with Crippen LogP contribution < -0.4 is 5.63 Å². The summed E-state index contributed by atoms with van der Waals surface area (Å²) < 4.78 is 5.10. The lowest BCUT2D eigenvalue weighted by Crippen LogP contribution is -2.26. The number of hydrogen-bond donors (Lipinski definition) is 1. The third-order valence-corrected chi connectivity index (χ3v) is 3.57. The average molecular weight is 326 g/mol. The van der Waals surface area contributed by atoms with E-state index in [1.807, 2.05) is 13.8 Å². The summed E-state index contributed by atoms with van der Waals surface area (Å²) >= 11 is 0. The number of hydrogen-bond acceptors (Lipinski definition) is 5. The summed E-state index contributed by atoms with van der Waals surface area (Å²) in [5, 5.41) is 9.99. The maximum atomic E-state index is 12.2. The lowest BCUT2D eigenvalue weighted by Gasteiger charge is -2.16. The van der Waals surface area contributed by atoms with Crippen LogP contribution >= 0.6 is 12.4 Å². The Kier molecular flexibility index (Phi) is 6.59. The van der Waals surface area contributed by atoms with Gasteiger partial charge in [0.1, 0.15) is 16.9 Å². The van der Waals surface area contributed by atoms with Crippen molar-refractivity contribution in [2.45, 2.75) is 20.3 Å². The van der Waals surface area contributed by atoms with Crippen LogP contribution in [0.3, 0.4) is 0 Å². The van der Waals surface area contributed by atoms with Crippen molar-refractivity contribution < 1.29 is 14.3 Å². The molecule has 1 aromatic heterocycles. The van der Waals surface area contributed by atoms with E-state index in [-0.39, 0.29) is 41.5 Å². The summed E-state index contributed by atoms with van der Waals surface area (Å²) in [4.78, 5) is 26.2. The molecule has 2 aromatic rings. The van der Waals surface area contributed by atoms with Gasteiger partial charge in [-0.1, -0.05) is 13.8 Å². The Labute approximate surface area is 135 Å². The standard InChI is InChI=1S/C16H19NO4.ClH/c1-3-17(4-2)8-7-14(19)13-9-11-5-6-12(18)10-15(11)21-16(13)20;/h5-6,9-10,18H,3-4,7-8H2,1-2H3;1H. The van der Waals surface area contributed by atoms with Gasteiger partial charge in [0.05, 0.1) is 0 Å². The molecule has 6 heteroatoms. The van der Waals surface area contributed by atoms with Crippen molar-refractivity contribution in [1.29, 1.82) is 0 Å². The molecular formula is C16H20ClNO4. The summed E-state index contributed by atoms with van der Waals surface area (Å²) in [6.07, 6.45) is 0.288. The van der Waals surface area contributed by atoms with E-state index in [9.17, 15) is 14.7 Å². The van der Waals surface area contributed by atoms with Gasteiger partial charge < -0.3 is 14.4 Å². The van der Waals surface area contributed by atoms with E-state index < -0.39 is 5.63 Å². The van der Waals surface area contributed by atoms with Crippen molar-refractivity contribution in [3.8, 4) is 5.75 Å². The molecule has 0 saturated heterocycles. The molecule has 0 bridgehead atoms. The molecule has 1 N–H and O–H groups in total. The molecule has 0 aliphatic rings. The molecule has 0 saturated carbocycles. The van der Waals surface area contributed by atoms with Gasteiger partial charge in [0.2, 0.25) is 0 Å². The van der Waals surface area contributed by atoms with Gasteiger partial charge in [-0.25, -0.2) is 4.79 Å². The number of nitrogens with zero attached hydrogens (tertiary/aromatic N) is 1. The Balaban J connectivity index is 0.00000242. The Morgan fingerprint density at radius 3 is 2.55 bits per heavy atom. The molecule has 0 aliphatic heterocycles. The predicted molar refractivity (Wildman–Crippen MR) is 88.1 cm³/mol. The number of carbonyl (C=O) groups excluding carboxylic acids is 1. The number of carbonyl (C=O) groups is 1. The molecule has 120 valence electrons. The zero-order valence-corrected chi connectivity index (χ0v) is 13.5. The van der Waals surface area contributed by atoms with Gasteiger partial charge in [-0.2, -0.15) is 0 Å². The second-order valence-electron chi connectivity index (χ2n) is 4.87. The predicted octanol–water partition coefficient (Wildman–Crippen LogP) is 2.84. The van der Waals surface area contributed by atoms with Crippen LogP contribution in [0.4, 0.5) is 0 Å². The molecule has 0 aliphatic carbocycles. The molecule has 2 rings (SSSR count). The zero-order valence-electron chi connectivity index (χ0n) is 12.7. The molecular weight excluding hydrogens is 306 g/mol. The van der Waals surface area contributed by atoms with Crippen LogP contribution in [-0.2, 0) is 0 Å². The summed E-state index contributed by atoms with van der Waals surface area (Å²) in [5.74, 6) is -0.197. The van der Waals surface area contributed by atoms with Crippen LogP contribution in [0.15, 0.2) is 33.5 Å². The fraction of sp³-hybridized carbons (Fsp3) is 0.375. The molecule has 0 atom stereocenters. The summed E-state index contributed by atoms with van der Waals surface area (Å²) in [7, 11) is 0. The summed E-state index contributed by atoms with van der Waals surface area (Å²) in [6, 6.07) is 6.01. The maximum absolute atomic E-state index is 12.2. The van der Waals surface area contributed by atoms with Crippen LogP contribution in [-0.4, -0.2) is 35.4 Å². The highest BCUT2D eigenvalue weighted by Crippen LogP contribution is 2.19. The SMILES string of the molecule is CCN(CC)CCC(=O)c1cc2ccc(O)cc2oc1=O.Cl. The number of halogens is 1. The number of ketones is 1. The number of Topliss-reactive ketones (excluding diaryl/α,β-unsaturated/α-hetero) is 1. The molecule has 5 nitrogen and oxygen atoms in total. The fourth-order valence-electron chi connectivity index (χ4n) is 2.23. The zero-order chi connectivity index (χ0) is 15.4. The number of aromatic hydroxyl groups is 1. The molecule has 0 fully saturated rings. The number of benzene rings is 1. The van der Waals surface area contributed by atoms with E-state index in [0.29, 0.717) is 11.9 Å². The molecule has 0 spiro atoms. The lowest BCUT2D eigenvalue weighted by atomic mass is 10.1. The largest absolute Gasteiger partial charge is 0.508 e. The monoisotopic (exact) mass is 325 g/mol. The van der Waals surface area contributed by atoms with Crippen LogP contribution in [0, 0.1) is 0 Å². The highest BCUT2D eigenvalue weighted by atomic mass is 35.5. The molecule has 0 unspecified atom stereocenters. The number of rotatable bonds is 6. The molecule has 1 heterocycles. The van der Waals surface area contributed by atoms with E-state index in [2.05, 4.69) is 4.90 Å². The Morgan fingerprint density at radius 2 is 1.91 bits per heavy atom. The minimum atomic E-state index is -0.655. The first-order valence-corrected chi connectivity index (χ1v) is 7.07. The highest BCUT2D eigenvalue weighted by molar-refractivity contribution is 5.98. The van der Waals surface area contributed by atoms with Crippen molar-refractivity contribution in [1.82, 2.24) is 4.90 Å². The first-order valence-electron chi connectivity index (χ1n) is 7.07. The van der Waals surface area contributed by atoms with E-state index >= 15 is 0 Å². The van der Waals surface area contributed by atoms with Crippen molar-refractivity contribution in [3.05, 3.63) is 40.2 Å². The number of fused-ring (bicyclic) bond motifs is 1. The second-order valence-corrected chi connectivity index (χ2v) is 4.87. The van der Waals surface area contributed by atoms with Crippen molar-refractivity contribution >= 4 is 29.2 Å². The average Bonchev–Trinajstić information content (AvgIpc) is 2.47. The van der Waals surface area contributed by atoms with Gasteiger partial charge in [0.25, 0.3) is 0 Å². The molecule has 22 heavy (non-hydrogen) atoms. The number of phenols is 1. The minimum absolute atomic E-state index is 0. The quantitative estimate of drug-likeness (QED) is 0.653. The van der Waals surface area contributed by atoms with Gasteiger partial charge in [0.15, 0.2) is 5.78 Å².